The molecular weight excluding hydrogens is 440 g/mol. The van der Waals surface area contributed by atoms with E-state index < -0.39 is 17.7 Å². The van der Waals surface area contributed by atoms with Crippen molar-refractivity contribution < 1.29 is 19.4 Å². The molecule has 1 aliphatic rings. The largest absolute Gasteiger partial charge is 0.507 e. The lowest BCUT2D eigenvalue weighted by Crippen LogP contribution is -2.29. The number of rotatable bonds is 6. The minimum atomic E-state index is -0.757. The number of ketones is 1. The molecule has 0 spiro atoms. The minimum absolute atomic E-state index is 0.0689. The van der Waals surface area contributed by atoms with Crippen LogP contribution in [0.15, 0.2) is 96.8 Å². The van der Waals surface area contributed by atoms with Gasteiger partial charge >= 0.3 is 0 Å². The molecule has 0 bridgehead atoms. The number of aliphatic hydroxyl groups excluding tert-OH is 1. The number of aromatic nitrogens is 1. The van der Waals surface area contributed by atoms with Crippen molar-refractivity contribution in [2.75, 3.05) is 6.61 Å². The van der Waals surface area contributed by atoms with E-state index in [-0.39, 0.29) is 17.9 Å². The lowest BCUT2D eigenvalue weighted by Gasteiger charge is -2.26. The summed E-state index contributed by atoms with van der Waals surface area (Å²) < 4.78 is 5.49. The Morgan fingerprint density at radius 1 is 0.971 bits per heavy atom. The summed E-state index contributed by atoms with van der Waals surface area (Å²) in [6, 6.07) is 23.3. The van der Waals surface area contributed by atoms with Gasteiger partial charge in [0.1, 0.15) is 11.5 Å². The highest BCUT2D eigenvalue weighted by molar-refractivity contribution is 6.46. The lowest BCUT2D eigenvalue weighted by molar-refractivity contribution is -0.140. The van der Waals surface area contributed by atoms with Crippen molar-refractivity contribution in [3.8, 4) is 5.75 Å². The van der Waals surface area contributed by atoms with E-state index in [1.54, 1.807) is 42.7 Å². The summed E-state index contributed by atoms with van der Waals surface area (Å²) in [6.45, 7) is 2.60. The van der Waals surface area contributed by atoms with Crippen LogP contribution < -0.4 is 4.74 Å². The zero-order chi connectivity index (χ0) is 24.4. The number of likely N-dealkylation sites (tertiary alicyclic amines) is 1. The van der Waals surface area contributed by atoms with Gasteiger partial charge in [0.15, 0.2) is 0 Å². The van der Waals surface area contributed by atoms with Gasteiger partial charge in [0.2, 0.25) is 0 Å². The summed E-state index contributed by atoms with van der Waals surface area (Å²) in [7, 11) is 0. The van der Waals surface area contributed by atoms with Gasteiger partial charge in [-0.3, -0.25) is 14.6 Å². The molecule has 0 saturated carbocycles. The summed E-state index contributed by atoms with van der Waals surface area (Å²) in [5.74, 6) is -0.915. The number of hydrogen-bond acceptors (Lipinski definition) is 5. The number of Topliss-reactive ketones (excluding diaryl/α,β-unsaturated/α-hetero) is 1. The number of carbonyl (C=O) groups is 2. The molecule has 4 aromatic rings. The zero-order valence-corrected chi connectivity index (χ0v) is 19.2. The monoisotopic (exact) mass is 464 g/mol. The molecule has 1 fully saturated rings. The number of carbonyl (C=O) groups excluding carboxylic acids is 2. The van der Waals surface area contributed by atoms with Gasteiger partial charge in [-0.05, 0) is 59.2 Å². The maximum Gasteiger partial charge on any atom is 0.295 e. The SMILES string of the molecule is CCOc1ccc(/C(O)=C2\C(=O)C(=O)N(Cc3cccnc3)[C@@H]2c2cccc3ccccc23)cc1. The van der Waals surface area contributed by atoms with E-state index in [1.165, 1.54) is 4.90 Å². The number of aliphatic hydroxyl groups is 1. The topological polar surface area (TPSA) is 79.7 Å². The highest BCUT2D eigenvalue weighted by Gasteiger charge is 2.46. The molecule has 6 heteroatoms. The smallest absolute Gasteiger partial charge is 0.295 e. The van der Waals surface area contributed by atoms with Gasteiger partial charge in [-0.2, -0.15) is 0 Å². The third-order valence-corrected chi connectivity index (χ3v) is 6.17. The molecule has 0 radical (unpaired) electrons. The maximum absolute atomic E-state index is 13.4. The molecule has 6 nitrogen and oxygen atoms in total. The Morgan fingerprint density at radius 2 is 1.74 bits per heavy atom. The van der Waals surface area contributed by atoms with E-state index in [9.17, 15) is 14.7 Å². The number of benzene rings is 3. The van der Waals surface area contributed by atoms with Crippen LogP contribution in [0, 0.1) is 0 Å². The van der Waals surface area contributed by atoms with Crippen LogP contribution in [-0.2, 0) is 16.1 Å². The van der Waals surface area contributed by atoms with Gasteiger partial charge in [0.05, 0.1) is 18.2 Å². The summed E-state index contributed by atoms with van der Waals surface area (Å²) in [6.07, 6.45) is 3.33. The molecule has 1 N–H and O–H groups in total. The maximum atomic E-state index is 13.4. The highest BCUT2D eigenvalue weighted by Crippen LogP contribution is 2.42. The Labute approximate surface area is 203 Å². The van der Waals surface area contributed by atoms with Crippen molar-refractivity contribution in [2.24, 2.45) is 0 Å². The van der Waals surface area contributed by atoms with E-state index in [1.807, 2.05) is 55.5 Å². The fraction of sp³-hybridized carbons (Fsp3) is 0.138. The van der Waals surface area contributed by atoms with Crippen LogP contribution in [0.5, 0.6) is 5.75 Å². The predicted molar refractivity (Wildman–Crippen MR) is 134 cm³/mol. The molecule has 0 unspecified atom stereocenters. The Balaban J connectivity index is 1.69. The first-order valence-corrected chi connectivity index (χ1v) is 11.5. The second-order valence-corrected chi connectivity index (χ2v) is 8.31. The third kappa shape index (κ3) is 4.15. The minimum Gasteiger partial charge on any atom is -0.507 e. The Morgan fingerprint density at radius 3 is 2.49 bits per heavy atom. The second-order valence-electron chi connectivity index (χ2n) is 8.31. The zero-order valence-electron chi connectivity index (χ0n) is 19.2. The second kappa shape index (κ2) is 9.43. The normalized spacial score (nSPS) is 17.2. The average molecular weight is 465 g/mol. The van der Waals surface area contributed by atoms with Crippen molar-refractivity contribution in [1.29, 1.82) is 0 Å². The molecule has 0 aliphatic carbocycles. The van der Waals surface area contributed by atoms with Crippen molar-refractivity contribution in [2.45, 2.75) is 19.5 Å². The van der Waals surface area contributed by atoms with Crippen LogP contribution >= 0.6 is 0 Å². The number of nitrogens with zero attached hydrogens (tertiary/aromatic N) is 2. The molecule has 1 aliphatic heterocycles. The Bertz CT molecular complexity index is 1420. The molecule has 35 heavy (non-hydrogen) atoms. The first kappa shape index (κ1) is 22.3. The fourth-order valence-electron chi connectivity index (χ4n) is 4.57. The van der Waals surface area contributed by atoms with Gasteiger partial charge in [0.25, 0.3) is 11.7 Å². The molecule has 1 aromatic heterocycles. The molecule has 5 rings (SSSR count). The van der Waals surface area contributed by atoms with Crippen LogP contribution in [0.25, 0.3) is 16.5 Å². The van der Waals surface area contributed by atoms with Crippen molar-refractivity contribution in [3.05, 3.63) is 114 Å². The van der Waals surface area contributed by atoms with Gasteiger partial charge < -0.3 is 14.7 Å². The van der Waals surface area contributed by atoms with E-state index in [2.05, 4.69) is 4.98 Å². The van der Waals surface area contributed by atoms with E-state index in [4.69, 9.17) is 4.74 Å². The predicted octanol–water partition coefficient (Wildman–Crippen LogP) is 5.26. The van der Waals surface area contributed by atoms with Crippen molar-refractivity contribution in [3.63, 3.8) is 0 Å². The first-order valence-electron chi connectivity index (χ1n) is 11.5. The summed E-state index contributed by atoms with van der Waals surface area (Å²) in [4.78, 5) is 32.3. The molecule has 1 amide bonds. The van der Waals surface area contributed by atoms with Crippen molar-refractivity contribution in [1.82, 2.24) is 9.88 Å². The van der Waals surface area contributed by atoms with Gasteiger partial charge in [-0.1, -0.05) is 48.5 Å². The van der Waals surface area contributed by atoms with Crippen LogP contribution in [0.1, 0.15) is 29.7 Å². The highest BCUT2D eigenvalue weighted by atomic mass is 16.5. The van der Waals surface area contributed by atoms with Crippen LogP contribution in [0.3, 0.4) is 0 Å². The molecule has 1 atom stereocenters. The Hall–Kier alpha value is -4.45. The summed E-state index contributed by atoms with van der Waals surface area (Å²) in [5, 5.41) is 13.2. The Kier molecular flexibility index (Phi) is 6.02. The van der Waals surface area contributed by atoms with Gasteiger partial charge in [0, 0.05) is 24.5 Å². The first-order chi connectivity index (χ1) is 17.1. The quantitative estimate of drug-likeness (QED) is 0.239. The number of ether oxygens (including phenoxy) is 1. The molecule has 174 valence electrons. The summed E-state index contributed by atoms with van der Waals surface area (Å²) >= 11 is 0. The molecule has 3 aromatic carbocycles. The van der Waals surface area contributed by atoms with Gasteiger partial charge in [-0.25, -0.2) is 0 Å². The average Bonchev–Trinajstić information content (AvgIpc) is 3.14. The number of amides is 1. The third-order valence-electron chi connectivity index (χ3n) is 6.17. The molecular formula is C29H24N2O4. The number of pyridine rings is 1. The van der Waals surface area contributed by atoms with Crippen LogP contribution in [0.2, 0.25) is 0 Å². The lowest BCUT2D eigenvalue weighted by atomic mass is 9.91. The summed E-state index contributed by atoms with van der Waals surface area (Å²) in [5.41, 5.74) is 2.08. The number of hydrogen-bond donors (Lipinski definition) is 1. The van der Waals surface area contributed by atoms with E-state index >= 15 is 0 Å². The molecule has 2 heterocycles. The van der Waals surface area contributed by atoms with Crippen molar-refractivity contribution >= 4 is 28.2 Å². The van der Waals surface area contributed by atoms with Crippen LogP contribution in [-0.4, -0.2) is 33.3 Å². The van der Waals surface area contributed by atoms with E-state index in [0.717, 1.165) is 21.9 Å². The fourth-order valence-corrected chi connectivity index (χ4v) is 4.57. The van der Waals surface area contributed by atoms with Gasteiger partial charge in [-0.15, -0.1) is 0 Å². The number of fused-ring (bicyclic) bond motifs is 1. The van der Waals surface area contributed by atoms with E-state index in [0.29, 0.717) is 17.9 Å². The molecule has 1 saturated heterocycles. The standard InChI is InChI=1S/C29H24N2O4/c1-2-35-22-14-12-21(13-15-22)27(32)25-26(24-11-5-9-20-8-3-4-10-23(20)24)31(29(34)28(25)33)18-19-7-6-16-30-17-19/h3-17,26,32H,2,18H2,1H3/b27-25+/t26-/m1/s1. The van der Waals surface area contributed by atoms with Crippen LogP contribution in [0.4, 0.5) is 0 Å².